The Kier molecular flexibility index (Phi) is 13.7. The highest BCUT2D eigenvalue weighted by atomic mass is 79.9. The molecule has 4 rings (SSSR count). The summed E-state index contributed by atoms with van der Waals surface area (Å²) in [5, 5.41) is 31.3. The number of hydrogen-bond donors (Lipinski definition) is 9. The molecule has 15 nitrogen and oxygen atoms in total. The molecule has 1 heterocycles. The molecule has 0 bridgehead atoms. The second-order valence-corrected chi connectivity index (χ2v) is 14.2. The molecular weight excluding hydrogens is 748 g/mol. The molecule has 0 radical (unpaired) electrons. The monoisotopic (exact) mass is 792 g/mol. The first-order valence-electron chi connectivity index (χ1n) is 16.9. The average molecular weight is 794 g/mol. The van der Waals surface area contributed by atoms with Crippen LogP contribution in [0.4, 0.5) is 10.5 Å². The maximum absolute atomic E-state index is 14.1. The Morgan fingerprint density at radius 2 is 1.43 bits per heavy atom. The van der Waals surface area contributed by atoms with E-state index in [2.05, 4.69) is 47.2 Å². The number of carbonyl (C=O) groups is 4. The molecule has 53 heavy (non-hydrogen) atoms. The van der Waals surface area contributed by atoms with Crippen LogP contribution in [0.1, 0.15) is 44.7 Å². The Morgan fingerprint density at radius 3 is 2.08 bits per heavy atom. The largest absolute Gasteiger partial charge is 0.508 e. The number of H-pyrrole nitrogens is 1. The molecule has 11 N–H and O–H groups in total. The van der Waals surface area contributed by atoms with Crippen molar-refractivity contribution in [3.63, 3.8) is 0 Å². The lowest BCUT2D eigenvalue weighted by Gasteiger charge is -2.26. The van der Waals surface area contributed by atoms with Crippen LogP contribution in [-0.2, 0) is 32.0 Å². The van der Waals surface area contributed by atoms with Crippen LogP contribution >= 0.6 is 15.9 Å². The first-order chi connectivity index (χ1) is 25.1. The van der Waals surface area contributed by atoms with Gasteiger partial charge in [-0.1, -0.05) is 24.3 Å². The summed E-state index contributed by atoms with van der Waals surface area (Å²) in [7, 11) is 0. The first-order valence-corrected chi connectivity index (χ1v) is 17.6. The highest BCUT2D eigenvalue weighted by Gasteiger charge is 2.31. The zero-order chi connectivity index (χ0) is 38.7. The lowest BCUT2D eigenvalue weighted by Crippen LogP contribution is -2.57. The van der Waals surface area contributed by atoms with Crippen molar-refractivity contribution in [2.24, 2.45) is 16.5 Å². The van der Waals surface area contributed by atoms with Crippen LogP contribution in [0.2, 0.25) is 0 Å². The van der Waals surface area contributed by atoms with Gasteiger partial charge in [0.1, 0.15) is 35.2 Å². The van der Waals surface area contributed by atoms with Crippen molar-refractivity contribution in [1.29, 1.82) is 0 Å². The van der Waals surface area contributed by atoms with Crippen LogP contribution in [0.25, 0.3) is 10.9 Å². The molecule has 3 atom stereocenters. The van der Waals surface area contributed by atoms with E-state index in [1.54, 1.807) is 39.1 Å². The molecule has 0 aliphatic carbocycles. The normalized spacial score (nSPS) is 12.9. The molecule has 16 heteroatoms. The Bertz CT molecular complexity index is 1920. The number of phenolic OH excluding ortho intramolecular Hbond substituents is 2. The highest BCUT2D eigenvalue weighted by molar-refractivity contribution is 9.10. The van der Waals surface area contributed by atoms with E-state index >= 15 is 0 Å². The molecule has 0 saturated heterocycles. The average Bonchev–Trinajstić information content (AvgIpc) is 3.50. The van der Waals surface area contributed by atoms with E-state index < -0.39 is 47.5 Å². The summed E-state index contributed by atoms with van der Waals surface area (Å²) >= 11 is 3.53. The van der Waals surface area contributed by atoms with Crippen molar-refractivity contribution in [2.75, 3.05) is 11.9 Å². The molecule has 0 fully saturated rings. The van der Waals surface area contributed by atoms with E-state index in [1.807, 2.05) is 18.2 Å². The number of amides is 4. The summed E-state index contributed by atoms with van der Waals surface area (Å²) < 4.78 is 6.22. The summed E-state index contributed by atoms with van der Waals surface area (Å²) in [5.41, 5.74) is 12.7. The number of rotatable bonds is 15. The number of nitrogens with zero attached hydrogens (tertiary/aromatic N) is 1. The molecule has 0 aliphatic heterocycles. The number of halogens is 1. The number of hydrogen-bond acceptors (Lipinski definition) is 8. The number of aromatic amines is 1. The van der Waals surface area contributed by atoms with Crippen LogP contribution in [-0.4, -0.2) is 75.2 Å². The van der Waals surface area contributed by atoms with Crippen molar-refractivity contribution >= 4 is 62.3 Å². The lowest BCUT2D eigenvalue weighted by atomic mass is 10.0. The van der Waals surface area contributed by atoms with E-state index in [-0.39, 0.29) is 49.7 Å². The standard InChI is InChI=1S/C37H45BrN8O7/c1-37(2,3)53-36(52)46-29(18-21-9-13-24(47)14-10-21)34(51)44-28(8-5-17-41-35(39)40)32(49)45-30(33(50)43-23-11-15-25(48)16-12-23)19-22-20-42-31-26(22)6-4-7-27(31)38/h4,6-7,9-16,20,28-30,42,47-48H,5,8,17-19H2,1-3H3,(H,43,50)(H,44,51)(H,45,49)(H,46,52)(H4,39,40,41)/t28-,29-,30-/m0/s1. The second kappa shape index (κ2) is 18.1. The Morgan fingerprint density at radius 1 is 0.830 bits per heavy atom. The zero-order valence-corrected chi connectivity index (χ0v) is 31.2. The van der Waals surface area contributed by atoms with E-state index in [0.29, 0.717) is 11.3 Å². The third kappa shape index (κ3) is 12.5. The number of nitrogens with one attached hydrogen (secondary N) is 5. The zero-order valence-electron chi connectivity index (χ0n) is 29.6. The van der Waals surface area contributed by atoms with Crippen molar-refractivity contribution < 1.29 is 34.1 Å². The molecular formula is C37H45BrN8O7. The third-order valence-electron chi connectivity index (χ3n) is 7.90. The minimum absolute atomic E-state index is 0.00147. The van der Waals surface area contributed by atoms with Gasteiger partial charge in [-0.2, -0.15) is 0 Å². The molecule has 3 aromatic carbocycles. The number of fused-ring (bicyclic) bond motifs is 1. The summed E-state index contributed by atoms with van der Waals surface area (Å²) in [4.78, 5) is 61.8. The molecule has 0 spiro atoms. The number of nitrogens with two attached hydrogens (primary N) is 2. The van der Waals surface area contributed by atoms with E-state index in [1.165, 1.54) is 36.4 Å². The van der Waals surface area contributed by atoms with Gasteiger partial charge in [-0.3, -0.25) is 19.4 Å². The topological polar surface area (TPSA) is 246 Å². The van der Waals surface area contributed by atoms with Crippen molar-refractivity contribution in [3.8, 4) is 11.5 Å². The fourth-order valence-corrected chi connectivity index (χ4v) is 5.87. The minimum Gasteiger partial charge on any atom is -0.508 e. The first kappa shape index (κ1) is 40.0. The predicted octanol–water partition coefficient (Wildman–Crippen LogP) is 3.68. The molecule has 0 aliphatic rings. The van der Waals surface area contributed by atoms with Crippen LogP contribution in [0.15, 0.2) is 82.4 Å². The molecule has 4 aromatic rings. The van der Waals surface area contributed by atoms with Gasteiger partial charge in [-0.25, -0.2) is 4.79 Å². The van der Waals surface area contributed by atoms with Gasteiger partial charge in [0.15, 0.2) is 5.96 Å². The van der Waals surface area contributed by atoms with Gasteiger partial charge in [-0.05, 0) is 103 Å². The number of aromatic nitrogens is 1. The Hall–Kier alpha value is -5.77. The van der Waals surface area contributed by atoms with E-state index in [0.717, 1.165) is 20.9 Å². The van der Waals surface area contributed by atoms with Crippen LogP contribution in [0.5, 0.6) is 11.5 Å². The number of anilines is 1. The van der Waals surface area contributed by atoms with Gasteiger partial charge in [0.05, 0.1) is 5.52 Å². The van der Waals surface area contributed by atoms with Crippen molar-refractivity contribution in [1.82, 2.24) is 20.9 Å². The third-order valence-corrected chi connectivity index (χ3v) is 8.56. The molecule has 0 saturated carbocycles. The number of alkyl carbamates (subject to hydrolysis) is 1. The van der Waals surface area contributed by atoms with Gasteiger partial charge in [0.2, 0.25) is 17.7 Å². The summed E-state index contributed by atoms with van der Waals surface area (Å²) in [6, 6.07) is 14.1. The van der Waals surface area contributed by atoms with Crippen molar-refractivity contribution in [3.05, 3.63) is 88.5 Å². The van der Waals surface area contributed by atoms with Crippen LogP contribution in [0, 0.1) is 0 Å². The fraction of sp³-hybridized carbons (Fsp3) is 0.324. The van der Waals surface area contributed by atoms with E-state index in [9.17, 15) is 29.4 Å². The van der Waals surface area contributed by atoms with Crippen LogP contribution < -0.4 is 32.7 Å². The smallest absolute Gasteiger partial charge is 0.408 e. The summed E-state index contributed by atoms with van der Waals surface area (Å²) in [6.45, 7) is 5.20. The Labute approximate surface area is 315 Å². The number of guanidine groups is 1. The maximum Gasteiger partial charge on any atom is 0.408 e. The SMILES string of the molecule is CC(C)(C)OC(=O)N[C@@H](Cc1ccc(O)cc1)C(=O)N[C@@H](CCCN=C(N)N)C(=O)N[C@@H](Cc1c[nH]c2c(Br)cccc12)C(=O)Nc1ccc(O)cc1. The number of para-hydroxylation sites is 1. The number of benzene rings is 3. The molecule has 1 aromatic heterocycles. The minimum atomic E-state index is -1.19. The van der Waals surface area contributed by atoms with Gasteiger partial charge in [0, 0.05) is 41.1 Å². The quantitative estimate of drug-likeness (QED) is 0.0368. The van der Waals surface area contributed by atoms with Gasteiger partial charge in [0.25, 0.3) is 0 Å². The number of aromatic hydroxyl groups is 2. The number of carbonyl (C=O) groups excluding carboxylic acids is 4. The predicted molar refractivity (Wildman–Crippen MR) is 205 cm³/mol. The molecule has 0 unspecified atom stereocenters. The summed E-state index contributed by atoms with van der Waals surface area (Å²) in [6.07, 6.45) is 1.33. The van der Waals surface area contributed by atoms with Crippen LogP contribution in [0.3, 0.4) is 0 Å². The maximum atomic E-state index is 14.1. The van der Waals surface area contributed by atoms with Gasteiger partial charge < -0.3 is 52.7 Å². The number of aliphatic imine (C=N–C) groups is 1. The number of phenols is 2. The second-order valence-electron chi connectivity index (χ2n) is 13.4. The van der Waals surface area contributed by atoms with E-state index in [4.69, 9.17) is 16.2 Å². The summed E-state index contributed by atoms with van der Waals surface area (Å²) in [5.74, 6) is -2.01. The Balaban J connectivity index is 1.62. The lowest BCUT2D eigenvalue weighted by molar-refractivity contribution is -0.131. The molecule has 282 valence electrons. The molecule has 4 amide bonds. The number of ether oxygens (including phenoxy) is 1. The van der Waals surface area contributed by atoms with Crippen molar-refractivity contribution in [2.45, 2.75) is 70.2 Å². The van der Waals surface area contributed by atoms with Gasteiger partial charge >= 0.3 is 6.09 Å². The van der Waals surface area contributed by atoms with Gasteiger partial charge in [-0.15, -0.1) is 0 Å². The highest BCUT2D eigenvalue weighted by Crippen LogP contribution is 2.27. The fourth-order valence-electron chi connectivity index (χ4n) is 5.39.